The number of carbonyl (C=O) groups is 4. The first-order valence-corrected chi connectivity index (χ1v) is 11.5. The van der Waals surface area contributed by atoms with Gasteiger partial charge in [0.05, 0.1) is 18.4 Å². The lowest BCUT2D eigenvalue weighted by Crippen LogP contribution is -2.53. The highest BCUT2D eigenvalue weighted by Gasteiger charge is 2.70. The lowest BCUT2D eigenvalue weighted by molar-refractivity contribution is -0.144. The number of aliphatic carboxylic acids is 1. The Hall–Kier alpha value is -3.92. The van der Waals surface area contributed by atoms with Gasteiger partial charge in [0.15, 0.2) is 11.5 Å². The summed E-state index contributed by atoms with van der Waals surface area (Å²) < 4.78 is 10.7. The molecule has 35 heavy (non-hydrogen) atoms. The van der Waals surface area contributed by atoms with E-state index in [1.807, 2.05) is 19.1 Å². The van der Waals surface area contributed by atoms with Crippen LogP contribution in [0.1, 0.15) is 29.5 Å². The highest BCUT2D eigenvalue weighted by Crippen LogP contribution is 2.54. The maximum Gasteiger partial charge on any atom is 0.303 e. The third kappa shape index (κ3) is 2.99. The normalized spacial score (nSPS) is 28.0. The van der Waals surface area contributed by atoms with Crippen LogP contribution in [0.25, 0.3) is 0 Å². The molecule has 0 bridgehead atoms. The number of nitrogens with zero attached hydrogens (tertiary/aromatic N) is 1. The topological polar surface area (TPSA) is 134 Å². The lowest BCUT2D eigenvalue weighted by atomic mass is 9.76. The van der Waals surface area contributed by atoms with Crippen molar-refractivity contribution in [2.75, 3.05) is 12.1 Å². The zero-order chi connectivity index (χ0) is 24.5. The highest BCUT2D eigenvalue weighted by molar-refractivity contribution is 6.15. The number of carboxylic acid groups (broad SMARTS) is 1. The van der Waals surface area contributed by atoms with Gasteiger partial charge in [-0.3, -0.25) is 29.4 Å². The summed E-state index contributed by atoms with van der Waals surface area (Å²) in [5.41, 5.74) is 1.32. The van der Waals surface area contributed by atoms with Gasteiger partial charge >= 0.3 is 5.97 Å². The van der Waals surface area contributed by atoms with Crippen LogP contribution in [-0.4, -0.2) is 46.5 Å². The van der Waals surface area contributed by atoms with Gasteiger partial charge in [0, 0.05) is 23.7 Å². The van der Waals surface area contributed by atoms with E-state index in [9.17, 15) is 24.3 Å². The second-order valence-electron chi connectivity index (χ2n) is 9.40. The summed E-state index contributed by atoms with van der Waals surface area (Å²) in [4.78, 5) is 53.5. The monoisotopic (exact) mass is 477 g/mol. The molecular formula is C25H23N3O7. The van der Waals surface area contributed by atoms with Gasteiger partial charge in [-0.05, 0) is 36.6 Å². The molecule has 10 heteroatoms. The van der Waals surface area contributed by atoms with Crippen molar-refractivity contribution in [3.05, 3.63) is 53.1 Å². The van der Waals surface area contributed by atoms with E-state index < -0.39 is 47.1 Å². The molecule has 2 aromatic rings. The Morgan fingerprint density at radius 1 is 1.14 bits per heavy atom. The van der Waals surface area contributed by atoms with Crippen molar-refractivity contribution in [2.24, 2.45) is 11.8 Å². The van der Waals surface area contributed by atoms with Crippen molar-refractivity contribution >= 4 is 29.4 Å². The lowest BCUT2D eigenvalue weighted by Gasteiger charge is -2.29. The number of para-hydroxylation sites is 1. The Labute approximate surface area is 200 Å². The third-order valence-electron chi connectivity index (χ3n) is 7.50. The molecule has 4 atom stereocenters. The Morgan fingerprint density at radius 3 is 2.74 bits per heavy atom. The zero-order valence-corrected chi connectivity index (χ0v) is 18.9. The van der Waals surface area contributed by atoms with Crippen LogP contribution in [0.5, 0.6) is 11.5 Å². The molecule has 4 aliphatic heterocycles. The van der Waals surface area contributed by atoms with E-state index in [-0.39, 0.29) is 26.2 Å². The first-order valence-electron chi connectivity index (χ1n) is 11.5. The Morgan fingerprint density at radius 2 is 1.94 bits per heavy atom. The van der Waals surface area contributed by atoms with Crippen molar-refractivity contribution < 1.29 is 33.8 Å². The average molecular weight is 477 g/mol. The molecule has 2 saturated heterocycles. The van der Waals surface area contributed by atoms with Crippen LogP contribution in [0.3, 0.4) is 0 Å². The summed E-state index contributed by atoms with van der Waals surface area (Å²) in [5, 5.41) is 15.4. The van der Waals surface area contributed by atoms with Gasteiger partial charge in [0.25, 0.3) is 0 Å². The predicted molar refractivity (Wildman–Crippen MR) is 120 cm³/mol. The molecule has 2 fully saturated rings. The molecule has 180 valence electrons. The Kier molecular flexibility index (Phi) is 4.65. The molecule has 1 spiro atoms. The van der Waals surface area contributed by atoms with Gasteiger partial charge in [-0.2, -0.15) is 0 Å². The molecule has 3 N–H and O–H groups in total. The number of imide groups is 1. The predicted octanol–water partition coefficient (Wildman–Crippen LogP) is 1.51. The molecule has 3 amide bonds. The molecule has 0 radical (unpaired) electrons. The van der Waals surface area contributed by atoms with E-state index in [1.54, 1.807) is 24.3 Å². The molecule has 0 aromatic heterocycles. The van der Waals surface area contributed by atoms with Gasteiger partial charge in [-0.1, -0.05) is 24.3 Å². The molecule has 0 aliphatic carbocycles. The number of likely N-dealkylation sites (tertiary alicyclic amines) is 1. The molecule has 2 aromatic carbocycles. The van der Waals surface area contributed by atoms with Gasteiger partial charge in [0.2, 0.25) is 24.5 Å². The van der Waals surface area contributed by atoms with Crippen LogP contribution in [0.2, 0.25) is 0 Å². The van der Waals surface area contributed by atoms with Crippen LogP contribution in [0.4, 0.5) is 5.69 Å². The minimum Gasteiger partial charge on any atom is -0.481 e. The SMILES string of the molecule is Cc1cccc2c1NC(=O)[C@@]21N[C@@H](CCC(=O)O)[C@H]2C(=O)N(Cc3ccc4c(c3)OCO4)C(=O)[C@@H]21. The summed E-state index contributed by atoms with van der Waals surface area (Å²) >= 11 is 0. The Bertz CT molecular complexity index is 1310. The highest BCUT2D eigenvalue weighted by atomic mass is 16.7. The summed E-state index contributed by atoms with van der Waals surface area (Å²) in [5.74, 6) is -2.97. The largest absolute Gasteiger partial charge is 0.481 e. The fourth-order valence-corrected chi connectivity index (χ4v) is 5.94. The summed E-state index contributed by atoms with van der Waals surface area (Å²) in [6.45, 7) is 1.99. The molecule has 6 rings (SSSR count). The van der Waals surface area contributed by atoms with E-state index in [0.29, 0.717) is 28.3 Å². The van der Waals surface area contributed by atoms with Gasteiger partial charge in [-0.25, -0.2) is 0 Å². The number of amides is 3. The van der Waals surface area contributed by atoms with Crippen molar-refractivity contribution in [1.29, 1.82) is 0 Å². The zero-order valence-electron chi connectivity index (χ0n) is 18.9. The second kappa shape index (κ2) is 7.54. The maximum atomic E-state index is 13.8. The minimum absolute atomic E-state index is 0.0192. The summed E-state index contributed by atoms with van der Waals surface area (Å²) in [6, 6.07) is 10.0. The van der Waals surface area contributed by atoms with Gasteiger partial charge < -0.3 is 19.9 Å². The van der Waals surface area contributed by atoms with E-state index in [4.69, 9.17) is 9.47 Å². The first-order chi connectivity index (χ1) is 16.8. The standard InChI is InChI=1S/C25H23N3O7/c1-12-3-2-4-14-21(12)26-24(33)25(14)20-19(15(27-25)6-8-18(29)30)22(31)28(23(20)32)10-13-5-7-16-17(9-13)35-11-34-16/h2-5,7,9,15,19-20,27H,6,8,10-11H2,1H3,(H,26,33)(H,29,30)/t15-,19+,20+,25+/m0/s1. The van der Waals surface area contributed by atoms with Crippen LogP contribution in [0.15, 0.2) is 36.4 Å². The van der Waals surface area contributed by atoms with Crippen molar-refractivity contribution in [3.63, 3.8) is 0 Å². The minimum atomic E-state index is -1.44. The number of nitrogens with one attached hydrogen (secondary N) is 2. The number of fused-ring (bicyclic) bond motifs is 5. The van der Waals surface area contributed by atoms with Gasteiger partial charge in [0.1, 0.15) is 5.54 Å². The number of rotatable bonds is 5. The van der Waals surface area contributed by atoms with Crippen LogP contribution < -0.4 is 20.1 Å². The van der Waals surface area contributed by atoms with Crippen LogP contribution in [-0.2, 0) is 31.3 Å². The van der Waals surface area contributed by atoms with Crippen LogP contribution in [0, 0.1) is 18.8 Å². The summed E-state index contributed by atoms with van der Waals surface area (Å²) in [7, 11) is 0. The van der Waals surface area contributed by atoms with E-state index in [0.717, 1.165) is 5.56 Å². The van der Waals surface area contributed by atoms with Crippen LogP contribution >= 0.6 is 0 Å². The number of benzene rings is 2. The number of carboxylic acids is 1. The molecular weight excluding hydrogens is 454 g/mol. The number of ether oxygens (including phenoxy) is 2. The number of anilines is 1. The summed E-state index contributed by atoms with van der Waals surface area (Å²) in [6.07, 6.45) is -0.0769. The van der Waals surface area contributed by atoms with E-state index in [1.165, 1.54) is 4.90 Å². The molecule has 0 saturated carbocycles. The molecule has 0 unspecified atom stereocenters. The average Bonchev–Trinajstić information content (AvgIpc) is 3.55. The molecule has 10 nitrogen and oxygen atoms in total. The van der Waals surface area contributed by atoms with E-state index in [2.05, 4.69) is 10.6 Å². The molecule has 4 aliphatic rings. The maximum absolute atomic E-state index is 13.8. The third-order valence-corrected chi connectivity index (χ3v) is 7.50. The fourth-order valence-electron chi connectivity index (χ4n) is 5.94. The number of aryl methyl sites for hydroxylation is 1. The first kappa shape index (κ1) is 21.6. The van der Waals surface area contributed by atoms with Crippen molar-refractivity contribution in [1.82, 2.24) is 10.2 Å². The van der Waals surface area contributed by atoms with Crippen molar-refractivity contribution in [2.45, 2.75) is 37.9 Å². The molecule has 4 heterocycles. The van der Waals surface area contributed by atoms with Crippen molar-refractivity contribution in [3.8, 4) is 11.5 Å². The quantitative estimate of drug-likeness (QED) is 0.552. The second-order valence-corrected chi connectivity index (χ2v) is 9.40. The number of hydrogen-bond donors (Lipinski definition) is 3. The Balaban J connectivity index is 1.40. The number of hydrogen-bond acceptors (Lipinski definition) is 7. The smallest absolute Gasteiger partial charge is 0.303 e. The van der Waals surface area contributed by atoms with Gasteiger partial charge in [-0.15, -0.1) is 0 Å². The number of carbonyl (C=O) groups excluding carboxylic acids is 3. The fraction of sp³-hybridized carbons (Fsp3) is 0.360. The van der Waals surface area contributed by atoms with E-state index >= 15 is 0 Å².